The molecule has 0 saturated heterocycles. The van der Waals surface area contributed by atoms with Crippen LogP contribution < -0.4 is 4.74 Å². The van der Waals surface area contributed by atoms with Gasteiger partial charge in [-0.3, -0.25) is 4.79 Å². The highest BCUT2D eigenvalue weighted by Crippen LogP contribution is 2.32. The molecule has 24 heavy (non-hydrogen) atoms. The largest absolute Gasteiger partial charge is 0.497 e. The number of ketones is 1. The van der Waals surface area contributed by atoms with Gasteiger partial charge in [-0.25, -0.2) is 14.6 Å². The van der Waals surface area contributed by atoms with Crippen molar-refractivity contribution in [3.05, 3.63) is 54.0 Å². The second-order valence-corrected chi connectivity index (χ2v) is 5.64. The van der Waals surface area contributed by atoms with Gasteiger partial charge in [-0.2, -0.15) is 5.10 Å². The molecular formula is C18H16N4O2. The number of aromatic nitrogens is 4. The van der Waals surface area contributed by atoms with Gasteiger partial charge in [0.1, 0.15) is 11.4 Å². The van der Waals surface area contributed by atoms with Crippen molar-refractivity contribution in [3.8, 4) is 23.0 Å². The number of hydrogen-bond acceptors (Lipinski definition) is 5. The summed E-state index contributed by atoms with van der Waals surface area (Å²) >= 11 is 0. The Morgan fingerprint density at radius 3 is 2.54 bits per heavy atom. The number of fused-ring (bicyclic) bond motifs is 1. The lowest BCUT2D eigenvalue weighted by atomic mass is 9.92. The van der Waals surface area contributed by atoms with Gasteiger partial charge in [0.25, 0.3) is 5.95 Å². The molecule has 0 bridgehead atoms. The molecule has 120 valence electrons. The number of hydrogen-bond donors (Lipinski definition) is 0. The molecule has 6 nitrogen and oxygen atoms in total. The lowest BCUT2D eigenvalue weighted by Gasteiger charge is -2.12. The van der Waals surface area contributed by atoms with Crippen LogP contribution in [0.3, 0.4) is 0 Å². The van der Waals surface area contributed by atoms with E-state index in [2.05, 4.69) is 15.1 Å². The fraction of sp³-hybridized carbons (Fsp3) is 0.222. The molecule has 1 aliphatic rings. The van der Waals surface area contributed by atoms with Crippen molar-refractivity contribution in [2.45, 2.75) is 19.3 Å². The van der Waals surface area contributed by atoms with E-state index in [0.717, 1.165) is 29.8 Å². The molecule has 0 spiro atoms. The van der Waals surface area contributed by atoms with Crippen LogP contribution in [-0.4, -0.2) is 32.6 Å². The van der Waals surface area contributed by atoms with Crippen LogP contribution >= 0.6 is 0 Å². The quantitative estimate of drug-likeness (QED) is 0.742. The molecule has 0 radical (unpaired) electrons. The molecule has 0 fully saturated rings. The van der Waals surface area contributed by atoms with Gasteiger partial charge in [0.05, 0.1) is 18.4 Å². The highest BCUT2D eigenvalue weighted by molar-refractivity contribution is 6.03. The molecule has 0 saturated carbocycles. The monoisotopic (exact) mass is 320 g/mol. The molecule has 2 aromatic heterocycles. The Balaban J connectivity index is 1.90. The van der Waals surface area contributed by atoms with Crippen LogP contribution in [0.15, 0.2) is 42.7 Å². The van der Waals surface area contributed by atoms with Crippen molar-refractivity contribution in [2.24, 2.45) is 0 Å². The first kappa shape index (κ1) is 14.6. The molecule has 2 heterocycles. The normalized spacial score (nSPS) is 13.6. The zero-order valence-corrected chi connectivity index (χ0v) is 13.3. The first-order valence-electron chi connectivity index (χ1n) is 7.85. The molecule has 0 atom stereocenters. The zero-order valence-electron chi connectivity index (χ0n) is 13.3. The highest BCUT2D eigenvalue weighted by atomic mass is 16.5. The standard InChI is InChI=1S/C18H16N4O2/c1-24-13-8-6-12(7-9-13)17-16-14(4-2-5-15(16)23)22(21-17)18-19-10-3-11-20-18/h3,6-11H,2,4-5H2,1H3. The fourth-order valence-electron chi connectivity index (χ4n) is 3.04. The van der Waals surface area contributed by atoms with Crippen LogP contribution in [0.5, 0.6) is 5.75 Å². The van der Waals surface area contributed by atoms with Gasteiger partial charge in [-0.05, 0) is 43.2 Å². The Hall–Kier alpha value is -3.02. The van der Waals surface area contributed by atoms with Crippen molar-refractivity contribution < 1.29 is 9.53 Å². The Labute approximate surface area is 139 Å². The van der Waals surface area contributed by atoms with E-state index in [-0.39, 0.29) is 5.78 Å². The van der Waals surface area contributed by atoms with Gasteiger partial charge in [0.15, 0.2) is 5.78 Å². The smallest absolute Gasteiger partial charge is 0.250 e. The Bertz CT molecular complexity index is 885. The predicted octanol–water partition coefficient (Wildman–Crippen LogP) is 2.86. The Morgan fingerprint density at radius 1 is 1.08 bits per heavy atom. The molecule has 4 rings (SSSR count). The summed E-state index contributed by atoms with van der Waals surface area (Å²) in [5.74, 6) is 1.39. The minimum absolute atomic E-state index is 0.129. The molecular weight excluding hydrogens is 304 g/mol. The zero-order chi connectivity index (χ0) is 16.5. The van der Waals surface area contributed by atoms with Gasteiger partial charge in [0, 0.05) is 24.4 Å². The van der Waals surface area contributed by atoms with Gasteiger partial charge in [0.2, 0.25) is 0 Å². The van der Waals surface area contributed by atoms with Gasteiger partial charge in [-0.1, -0.05) is 0 Å². The van der Waals surface area contributed by atoms with Gasteiger partial charge < -0.3 is 4.74 Å². The Kier molecular flexibility index (Phi) is 3.57. The fourth-order valence-corrected chi connectivity index (χ4v) is 3.04. The average molecular weight is 320 g/mol. The van der Waals surface area contributed by atoms with Crippen LogP contribution in [0.4, 0.5) is 0 Å². The second-order valence-electron chi connectivity index (χ2n) is 5.64. The maximum atomic E-state index is 12.5. The van der Waals surface area contributed by atoms with Crippen molar-refractivity contribution in [1.29, 1.82) is 0 Å². The van der Waals surface area contributed by atoms with Crippen LogP contribution in [0.25, 0.3) is 17.2 Å². The number of carbonyl (C=O) groups excluding carboxylic acids is 1. The van der Waals surface area contributed by atoms with Crippen molar-refractivity contribution >= 4 is 5.78 Å². The number of benzene rings is 1. The number of carbonyl (C=O) groups is 1. The number of nitrogens with zero attached hydrogens (tertiary/aromatic N) is 4. The van der Waals surface area contributed by atoms with Gasteiger partial charge >= 0.3 is 0 Å². The van der Waals surface area contributed by atoms with Crippen LogP contribution in [0, 0.1) is 0 Å². The number of rotatable bonds is 3. The van der Waals surface area contributed by atoms with Crippen LogP contribution in [-0.2, 0) is 6.42 Å². The first-order valence-corrected chi connectivity index (χ1v) is 7.85. The second kappa shape index (κ2) is 5.88. The highest BCUT2D eigenvalue weighted by Gasteiger charge is 2.28. The first-order chi connectivity index (χ1) is 11.8. The molecule has 0 unspecified atom stereocenters. The molecule has 0 amide bonds. The third kappa shape index (κ3) is 2.36. The Morgan fingerprint density at radius 2 is 1.83 bits per heavy atom. The van der Waals surface area contributed by atoms with E-state index in [1.807, 2.05) is 24.3 Å². The minimum atomic E-state index is 0.129. The number of methoxy groups -OCH3 is 1. The molecule has 0 aliphatic heterocycles. The summed E-state index contributed by atoms with van der Waals surface area (Å²) in [6, 6.07) is 9.33. The summed E-state index contributed by atoms with van der Waals surface area (Å²) in [6.07, 6.45) is 5.52. The van der Waals surface area contributed by atoms with E-state index in [9.17, 15) is 4.79 Å². The van der Waals surface area contributed by atoms with E-state index < -0.39 is 0 Å². The topological polar surface area (TPSA) is 69.9 Å². The van der Waals surface area contributed by atoms with Crippen molar-refractivity contribution in [2.75, 3.05) is 7.11 Å². The molecule has 1 aliphatic carbocycles. The minimum Gasteiger partial charge on any atom is -0.497 e. The predicted molar refractivity (Wildman–Crippen MR) is 88.4 cm³/mol. The van der Waals surface area contributed by atoms with E-state index in [4.69, 9.17) is 4.74 Å². The molecule has 1 aromatic carbocycles. The van der Waals surface area contributed by atoms with Crippen LogP contribution in [0.2, 0.25) is 0 Å². The van der Waals surface area contributed by atoms with E-state index in [1.54, 1.807) is 30.3 Å². The number of Topliss-reactive ketones (excluding diaryl/α,β-unsaturated/α-hetero) is 1. The maximum absolute atomic E-state index is 12.5. The summed E-state index contributed by atoms with van der Waals surface area (Å²) in [5.41, 5.74) is 3.16. The third-order valence-corrected chi connectivity index (χ3v) is 4.18. The van der Waals surface area contributed by atoms with Crippen LogP contribution in [0.1, 0.15) is 28.9 Å². The summed E-state index contributed by atoms with van der Waals surface area (Å²) < 4.78 is 6.90. The summed E-state index contributed by atoms with van der Waals surface area (Å²) in [6.45, 7) is 0. The van der Waals surface area contributed by atoms with Crippen molar-refractivity contribution in [1.82, 2.24) is 19.7 Å². The summed E-state index contributed by atoms with van der Waals surface area (Å²) in [7, 11) is 1.63. The number of ether oxygens (including phenoxy) is 1. The van der Waals surface area contributed by atoms with E-state index >= 15 is 0 Å². The van der Waals surface area contributed by atoms with E-state index in [1.165, 1.54) is 0 Å². The molecule has 6 heteroatoms. The molecule has 3 aromatic rings. The maximum Gasteiger partial charge on any atom is 0.250 e. The summed E-state index contributed by atoms with van der Waals surface area (Å²) in [5, 5.41) is 4.67. The van der Waals surface area contributed by atoms with E-state index in [0.29, 0.717) is 23.6 Å². The van der Waals surface area contributed by atoms with Gasteiger partial charge in [-0.15, -0.1) is 0 Å². The molecule has 0 N–H and O–H groups in total. The average Bonchev–Trinajstić information content (AvgIpc) is 3.04. The van der Waals surface area contributed by atoms with Crippen molar-refractivity contribution in [3.63, 3.8) is 0 Å². The lowest BCUT2D eigenvalue weighted by Crippen LogP contribution is -2.14. The third-order valence-electron chi connectivity index (χ3n) is 4.18. The summed E-state index contributed by atoms with van der Waals surface area (Å²) in [4.78, 5) is 21.1. The SMILES string of the molecule is COc1ccc(-c2nn(-c3ncccn3)c3c2C(=O)CCC3)cc1. The lowest BCUT2D eigenvalue weighted by molar-refractivity contribution is 0.0972.